The topological polar surface area (TPSA) is 37.8 Å². The van der Waals surface area contributed by atoms with Gasteiger partial charge in [0.15, 0.2) is 5.82 Å². The van der Waals surface area contributed by atoms with E-state index < -0.39 is 12.2 Å². The molecule has 0 bridgehead atoms. The van der Waals surface area contributed by atoms with Crippen LogP contribution in [-0.2, 0) is 6.42 Å². The minimum absolute atomic E-state index is 0.424. The molecule has 3 aromatic rings. The largest absolute Gasteiger partial charge is 0.369 e. The van der Waals surface area contributed by atoms with Crippen LogP contribution >= 0.6 is 11.6 Å². The molecule has 3 nitrogen and oxygen atoms in total. The van der Waals surface area contributed by atoms with Gasteiger partial charge in [-0.3, -0.25) is 0 Å². The lowest BCUT2D eigenvalue weighted by Gasteiger charge is -2.10. The minimum Gasteiger partial charge on any atom is -0.369 e. The molecule has 0 fully saturated rings. The number of halogens is 3. The standard InChI is InChI=1S/C17H14ClF2N3/c18-12-5-3-4-11(10-12)8-9-21-16-13-6-1-2-7-14(13)22-17(23-16)15(19)20/h1-7,10,15H,8-9H2,(H,21,22,23). The molecule has 0 spiro atoms. The van der Waals surface area contributed by atoms with Gasteiger partial charge < -0.3 is 5.32 Å². The number of rotatable bonds is 5. The lowest BCUT2D eigenvalue weighted by atomic mass is 10.1. The first-order valence-electron chi connectivity index (χ1n) is 7.16. The van der Waals surface area contributed by atoms with Crippen molar-refractivity contribution in [2.24, 2.45) is 0 Å². The van der Waals surface area contributed by atoms with Gasteiger partial charge in [0.05, 0.1) is 5.52 Å². The molecule has 0 atom stereocenters. The van der Waals surface area contributed by atoms with Gasteiger partial charge in [0, 0.05) is 17.0 Å². The van der Waals surface area contributed by atoms with Gasteiger partial charge in [-0.25, -0.2) is 18.7 Å². The molecule has 0 saturated carbocycles. The highest BCUT2D eigenvalue weighted by molar-refractivity contribution is 6.30. The average Bonchev–Trinajstić information content (AvgIpc) is 2.54. The number of alkyl halides is 2. The predicted molar refractivity (Wildman–Crippen MR) is 88.1 cm³/mol. The van der Waals surface area contributed by atoms with Gasteiger partial charge in [0.2, 0.25) is 0 Å². The summed E-state index contributed by atoms with van der Waals surface area (Å²) >= 11 is 5.95. The van der Waals surface area contributed by atoms with Crippen LogP contribution in [0.5, 0.6) is 0 Å². The Labute approximate surface area is 137 Å². The normalized spacial score (nSPS) is 11.1. The average molecular weight is 334 g/mol. The van der Waals surface area contributed by atoms with Crippen LogP contribution in [-0.4, -0.2) is 16.5 Å². The van der Waals surface area contributed by atoms with Crippen molar-refractivity contribution in [1.82, 2.24) is 9.97 Å². The van der Waals surface area contributed by atoms with Crippen molar-refractivity contribution in [3.05, 3.63) is 64.9 Å². The molecule has 1 aromatic heterocycles. The van der Waals surface area contributed by atoms with E-state index in [2.05, 4.69) is 15.3 Å². The number of anilines is 1. The maximum Gasteiger partial charge on any atom is 0.297 e. The Hall–Kier alpha value is -2.27. The number of hydrogen-bond donors (Lipinski definition) is 1. The predicted octanol–water partition coefficient (Wildman–Crippen LogP) is 4.88. The monoisotopic (exact) mass is 333 g/mol. The van der Waals surface area contributed by atoms with Crippen molar-refractivity contribution in [3.8, 4) is 0 Å². The van der Waals surface area contributed by atoms with Crippen LogP contribution in [0.3, 0.4) is 0 Å². The van der Waals surface area contributed by atoms with Gasteiger partial charge in [0.25, 0.3) is 6.43 Å². The SMILES string of the molecule is FC(F)c1nc(NCCc2cccc(Cl)c2)c2ccccc2n1. The molecule has 0 aliphatic heterocycles. The summed E-state index contributed by atoms with van der Waals surface area (Å²) in [6.07, 6.45) is -1.99. The summed E-state index contributed by atoms with van der Waals surface area (Å²) in [5.74, 6) is -0.0399. The number of nitrogens with zero attached hydrogens (tertiary/aromatic N) is 2. The summed E-state index contributed by atoms with van der Waals surface area (Å²) in [5.41, 5.74) is 1.57. The number of fused-ring (bicyclic) bond motifs is 1. The summed E-state index contributed by atoms with van der Waals surface area (Å²) < 4.78 is 25.9. The second-order valence-electron chi connectivity index (χ2n) is 5.05. The fraction of sp³-hybridized carbons (Fsp3) is 0.176. The summed E-state index contributed by atoms with van der Waals surface area (Å²) in [7, 11) is 0. The first-order valence-corrected chi connectivity index (χ1v) is 7.54. The zero-order chi connectivity index (χ0) is 16.2. The van der Waals surface area contributed by atoms with Gasteiger partial charge in [-0.05, 0) is 36.2 Å². The van der Waals surface area contributed by atoms with Crippen LogP contribution in [0, 0.1) is 0 Å². The van der Waals surface area contributed by atoms with Crippen molar-refractivity contribution in [2.75, 3.05) is 11.9 Å². The molecule has 0 aliphatic carbocycles. The van der Waals surface area contributed by atoms with Gasteiger partial charge in [-0.2, -0.15) is 0 Å². The molecule has 0 unspecified atom stereocenters. The van der Waals surface area contributed by atoms with Gasteiger partial charge in [-0.1, -0.05) is 35.9 Å². The molecular formula is C17H14ClF2N3. The number of hydrogen-bond acceptors (Lipinski definition) is 3. The molecule has 1 heterocycles. The van der Waals surface area contributed by atoms with Gasteiger partial charge in [0.1, 0.15) is 5.82 Å². The van der Waals surface area contributed by atoms with Crippen LogP contribution in [0.1, 0.15) is 17.8 Å². The fourth-order valence-electron chi connectivity index (χ4n) is 2.34. The van der Waals surface area contributed by atoms with E-state index in [0.29, 0.717) is 29.3 Å². The highest BCUT2D eigenvalue weighted by atomic mass is 35.5. The van der Waals surface area contributed by atoms with Gasteiger partial charge >= 0.3 is 0 Å². The number of aromatic nitrogens is 2. The summed E-state index contributed by atoms with van der Waals surface area (Å²) in [5, 5.41) is 4.52. The summed E-state index contributed by atoms with van der Waals surface area (Å²) in [6, 6.07) is 14.6. The quantitative estimate of drug-likeness (QED) is 0.723. The van der Waals surface area contributed by atoms with Crippen LogP contribution in [0.2, 0.25) is 5.02 Å². The second kappa shape index (κ2) is 6.87. The third kappa shape index (κ3) is 3.74. The van der Waals surface area contributed by atoms with Crippen molar-refractivity contribution in [2.45, 2.75) is 12.8 Å². The van der Waals surface area contributed by atoms with E-state index in [0.717, 1.165) is 10.9 Å². The zero-order valence-electron chi connectivity index (χ0n) is 12.1. The molecule has 0 amide bonds. The minimum atomic E-state index is -2.70. The lowest BCUT2D eigenvalue weighted by molar-refractivity contribution is 0.141. The maximum atomic E-state index is 12.9. The first-order chi connectivity index (χ1) is 11.1. The van der Waals surface area contributed by atoms with E-state index in [1.165, 1.54) is 0 Å². The number of benzene rings is 2. The Morgan fingerprint density at radius 1 is 1.04 bits per heavy atom. The Kier molecular flexibility index (Phi) is 4.67. The fourth-order valence-corrected chi connectivity index (χ4v) is 2.56. The van der Waals surface area contributed by atoms with E-state index in [4.69, 9.17) is 11.6 Å². The Bertz CT molecular complexity index is 824. The van der Waals surface area contributed by atoms with Crippen molar-refractivity contribution < 1.29 is 8.78 Å². The Balaban J connectivity index is 1.81. The van der Waals surface area contributed by atoms with Crippen LogP contribution in [0.25, 0.3) is 10.9 Å². The lowest BCUT2D eigenvalue weighted by Crippen LogP contribution is -2.09. The van der Waals surface area contributed by atoms with Crippen LogP contribution in [0.4, 0.5) is 14.6 Å². The summed E-state index contributed by atoms with van der Waals surface area (Å²) in [4.78, 5) is 7.85. The van der Waals surface area contributed by atoms with Crippen molar-refractivity contribution >= 4 is 28.3 Å². The number of nitrogens with one attached hydrogen (secondary N) is 1. The molecule has 2 aromatic carbocycles. The van der Waals surface area contributed by atoms with Crippen molar-refractivity contribution in [3.63, 3.8) is 0 Å². The Morgan fingerprint density at radius 3 is 2.65 bits per heavy atom. The molecular weight excluding hydrogens is 320 g/mol. The number of para-hydroxylation sites is 1. The zero-order valence-corrected chi connectivity index (χ0v) is 12.9. The first kappa shape index (κ1) is 15.6. The molecule has 3 rings (SSSR count). The highest BCUT2D eigenvalue weighted by Crippen LogP contribution is 2.24. The highest BCUT2D eigenvalue weighted by Gasteiger charge is 2.14. The smallest absolute Gasteiger partial charge is 0.297 e. The van der Waals surface area contributed by atoms with Gasteiger partial charge in [-0.15, -0.1) is 0 Å². The van der Waals surface area contributed by atoms with E-state index in [1.807, 2.05) is 36.4 Å². The van der Waals surface area contributed by atoms with E-state index in [9.17, 15) is 8.78 Å². The van der Waals surface area contributed by atoms with Crippen LogP contribution < -0.4 is 5.32 Å². The summed E-state index contributed by atoms with van der Waals surface area (Å²) in [6.45, 7) is 0.560. The molecule has 6 heteroatoms. The third-order valence-corrected chi connectivity index (χ3v) is 3.65. The van der Waals surface area contributed by atoms with E-state index in [-0.39, 0.29) is 0 Å². The van der Waals surface area contributed by atoms with Crippen LogP contribution in [0.15, 0.2) is 48.5 Å². The molecule has 0 aliphatic rings. The Morgan fingerprint density at radius 2 is 1.87 bits per heavy atom. The maximum absolute atomic E-state index is 12.9. The molecule has 23 heavy (non-hydrogen) atoms. The van der Waals surface area contributed by atoms with E-state index in [1.54, 1.807) is 12.1 Å². The molecule has 0 radical (unpaired) electrons. The van der Waals surface area contributed by atoms with Crippen molar-refractivity contribution in [1.29, 1.82) is 0 Å². The molecule has 1 N–H and O–H groups in total. The second-order valence-corrected chi connectivity index (χ2v) is 5.49. The molecule has 0 saturated heterocycles. The molecule has 118 valence electrons. The van der Waals surface area contributed by atoms with E-state index >= 15 is 0 Å². The third-order valence-electron chi connectivity index (χ3n) is 3.41.